The number of aliphatic hydroxyl groups excluding tert-OH is 1. The Morgan fingerprint density at radius 1 is 1.30 bits per heavy atom. The molecule has 1 aromatic rings. The van der Waals surface area contributed by atoms with Gasteiger partial charge < -0.3 is 15.6 Å². The first-order chi connectivity index (χ1) is 9.58. The first-order valence-corrected chi connectivity index (χ1v) is 6.98. The summed E-state index contributed by atoms with van der Waals surface area (Å²) in [6.45, 7) is 2.37. The zero-order valence-electron chi connectivity index (χ0n) is 11.1. The second kappa shape index (κ2) is 8.93. The maximum absolute atomic E-state index is 8.91. The highest BCUT2D eigenvalue weighted by atomic mass is 35.5. The van der Waals surface area contributed by atoms with Crippen LogP contribution in [0.1, 0.15) is 6.42 Å². The molecule has 0 saturated heterocycles. The van der Waals surface area contributed by atoms with Crippen LogP contribution >= 0.6 is 23.2 Å². The average molecular weight is 317 g/mol. The average Bonchev–Trinajstić information content (AvgIpc) is 2.40. The second-order valence-corrected chi connectivity index (χ2v) is 5.02. The van der Waals surface area contributed by atoms with E-state index in [1.807, 2.05) is 4.90 Å². The standard InChI is InChI=1S/C14H18Cl2N2O2/c1-2-4-18(6-7-19)5-3-8-20-14-10-13(17)11(15)9-12(14)16/h1,9-10,19H,3-8,17H2. The van der Waals surface area contributed by atoms with E-state index in [9.17, 15) is 0 Å². The van der Waals surface area contributed by atoms with Crippen molar-refractivity contribution in [2.45, 2.75) is 6.42 Å². The summed E-state index contributed by atoms with van der Waals surface area (Å²) in [6, 6.07) is 3.17. The number of anilines is 1. The highest BCUT2D eigenvalue weighted by molar-refractivity contribution is 6.37. The van der Waals surface area contributed by atoms with Crippen LogP contribution < -0.4 is 10.5 Å². The van der Waals surface area contributed by atoms with Gasteiger partial charge in [0.05, 0.1) is 35.5 Å². The molecule has 3 N–H and O–H groups in total. The topological polar surface area (TPSA) is 58.7 Å². The van der Waals surface area contributed by atoms with Crippen LogP contribution in [0.4, 0.5) is 5.69 Å². The van der Waals surface area contributed by atoms with Gasteiger partial charge >= 0.3 is 0 Å². The van der Waals surface area contributed by atoms with Gasteiger partial charge in [0, 0.05) is 19.2 Å². The molecule has 0 bridgehead atoms. The monoisotopic (exact) mass is 316 g/mol. The van der Waals surface area contributed by atoms with Crippen molar-refractivity contribution in [2.24, 2.45) is 0 Å². The van der Waals surface area contributed by atoms with E-state index < -0.39 is 0 Å². The second-order valence-electron chi connectivity index (χ2n) is 4.21. The highest BCUT2D eigenvalue weighted by Gasteiger charge is 2.07. The van der Waals surface area contributed by atoms with Gasteiger partial charge in [0.2, 0.25) is 0 Å². The normalized spacial score (nSPS) is 10.6. The third kappa shape index (κ3) is 5.48. The molecule has 1 aromatic carbocycles. The number of ether oxygens (including phenoxy) is 1. The molecule has 0 saturated carbocycles. The zero-order valence-corrected chi connectivity index (χ0v) is 12.6. The predicted molar refractivity (Wildman–Crippen MR) is 83.3 cm³/mol. The largest absolute Gasteiger partial charge is 0.492 e. The van der Waals surface area contributed by atoms with E-state index in [0.717, 1.165) is 13.0 Å². The lowest BCUT2D eigenvalue weighted by molar-refractivity contribution is 0.197. The Morgan fingerprint density at radius 2 is 2.05 bits per heavy atom. The number of halogens is 2. The molecule has 1 rings (SSSR count). The van der Waals surface area contributed by atoms with Crippen LogP contribution in [0.2, 0.25) is 10.0 Å². The predicted octanol–water partition coefficient (Wildman–Crippen LogP) is 2.27. The van der Waals surface area contributed by atoms with Crippen LogP contribution in [0.3, 0.4) is 0 Å². The molecule has 6 heteroatoms. The van der Waals surface area contributed by atoms with E-state index in [2.05, 4.69) is 5.92 Å². The van der Waals surface area contributed by atoms with Gasteiger partial charge in [-0.05, 0) is 12.5 Å². The fraction of sp³-hybridized carbons (Fsp3) is 0.429. The number of hydrogen-bond donors (Lipinski definition) is 2. The van der Waals surface area contributed by atoms with Crippen LogP contribution in [0, 0.1) is 12.3 Å². The lowest BCUT2D eigenvalue weighted by Crippen LogP contribution is -2.29. The Hall–Kier alpha value is -1.12. The molecule has 0 atom stereocenters. The third-order valence-corrected chi connectivity index (χ3v) is 3.28. The van der Waals surface area contributed by atoms with Gasteiger partial charge in [0.15, 0.2) is 0 Å². The summed E-state index contributed by atoms with van der Waals surface area (Å²) in [7, 11) is 0. The molecule has 0 aliphatic heterocycles. The fourth-order valence-electron chi connectivity index (χ4n) is 1.67. The fourth-order valence-corrected chi connectivity index (χ4v) is 2.10. The lowest BCUT2D eigenvalue weighted by Gasteiger charge is -2.18. The Labute approximate surface area is 129 Å². The van der Waals surface area contributed by atoms with E-state index in [-0.39, 0.29) is 6.61 Å². The van der Waals surface area contributed by atoms with E-state index in [1.54, 1.807) is 12.1 Å². The van der Waals surface area contributed by atoms with Gasteiger partial charge in [-0.3, -0.25) is 4.90 Å². The van der Waals surface area contributed by atoms with Crippen LogP contribution in [-0.2, 0) is 0 Å². The Morgan fingerprint density at radius 3 is 2.70 bits per heavy atom. The van der Waals surface area contributed by atoms with Crippen LogP contribution in [0.5, 0.6) is 5.75 Å². The molecule has 0 heterocycles. The Kier molecular flexibility index (Phi) is 7.56. The minimum Gasteiger partial charge on any atom is -0.492 e. The molecule has 20 heavy (non-hydrogen) atoms. The number of nitrogen functional groups attached to an aromatic ring is 1. The SMILES string of the molecule is C#CCN(CCO)CCCOc1cc(N)c(Cl)cc1Cl. The molecule has 0 spiro atoms. The molecular weight excluding hydrogens is 299 g/mol. The molecule has 0 radical (unpaired) electrons. The Balaban J connectivity index is 2.41. The highest BCUT2D eigenvalue weighted by Crippen LogP contribution is 2.32. The van der Waals surface area contributed by atoms with Crippen molar-refractivity contribution in [3.8, 4) is 18.1 Å². The van der Waals surface area contributed by atoms with E-state index >= 15 is 0 Å². The maximum Gasteiger partial charge on any atom is 0.140 e. The quantitative estimate of drug-likeness (QED) is 0.439. The van der Waals surface area contributed by atoms with Gasteiger partial charge in [-0.1, -0.05) is 29.1 Å². The molecular formula is C14H18Cl2N2O2. The van der Waals surface area contributed by atoms with Gasteiger partial charge in [-0.25, -0.2) is 0 Å². The van der Waals surface area contributed by atoms with Crippen LogP contribution in [0.15, 0.2) is 12.1 Å². The van der Waals surface area contributed by atoms with Gasteiger partial charge in [-0.2, -0.15) is 0 Å². The van der Waals surface area contributed by atoms with Crippen molar-refractivity contribution in [3.63, 3.8) is 0 Å². The Bertz CT molecular complexity index is 475. The maximum atomic E-state index is 8.91. The number of terminal acetylenes is 1. The molecule has 0 aromatic heterocycles. The number of nitrogens with two attached hydrogens (primary N) is 1. The molecule has 0 unspecified atom stereocenters. The van der Waals surface area contributed by atoms with Gasteiger partial charge in [-0.15, -0.1) is 6.42 Å². The molecule has 0 fully saturated rings. The first-order valence-electron chi connectivity index (χ1n) is 6.22. The summed E-state index contributed by atoms with van der Waals surface area (Å²) in [6.07, 6.45) is 6.02. The molecule has 0 aliphatic carbocycles. The summed E-state index contributed by atoms with van der Waals surface area (Å²) in [4.78, 5) is 1.97. The lowest BCUT2D eigenvalue weighted by atomic mass is 10.3. The number of aliphatic hydroxyl groups is 1. The molecule has 110 valence electrons. The zero-order chi connectivity index (χ0) is 15.0. The van der Waals surface area contributed by atoms with Crippen molar-refractivity contribution in [3.05, 3.63) is 22.2 Å². The molecule has 0 aliphatic rings. The van der Waals surface area contributed by atoms with Crippen molar-refractivity contribution in [2.75, 3.05) is 38.6 Å². The van der Waals surface area contributed by atoms with Gasteiger partial charge in [0.1, 0.15) is 5.75 Å². The number of nitrogens with zero attached hydrogens (tertiary/aromatic N) is 1. The summed E-state index contributed by atoms with van der Waals surface area (Å²) in [5.74, 6) is 3.07. The summed E-state index contributed by atoms with van der Waals surface area (Å²) >= 11 is 11.9. The number of benzene rings is 1. The smallest absolute Gasteiger partial charge is 0.140 e. The van der Waals surface area contributed by atoms with E-state index in [4.69, 9.17) is 45.2 Å². The van der Waals surface area contributed by atoms with Crippen molar-refractivity contribution in [1.82, 2.24) is 4.90 Å². The van der Waals surface area contributed by atoms with Crippen LogP contribution in [-0.4, -0.2) is 42.9 Å². The molecule has 0 amide bonds. The van der Waals surface area contributed by atoms with Crippen molar-refractivity contribution < 1.29 is 9.84 Å². The minimum atomic E-state index is 0.0854. The summed E-state index contributed by atoms with van der Waals surface area (Å²) in [5, 5.41) is 9.74. The third-order valence-electron chi connectivity index (χ3n) is 2.66. The minimum absolute atomic E-state index is 0.0854. The van der Waals surface area contributed by atoms with E-state index in [1.165, 1.54) is 0 Å². The summed E-state index contributed by atoms with van der Waals surface area (Å²) < 4.78 is 5.57. The van der Waals surface area contributed by atoms with E-state index in [0.29, 0.717) is 41.2 Å². The van der Waals surface area contributed by atoms with Crippen molar-refractivity contribution >= 4 is 28.9 Å². The van der Waals surface area contributed by atoms with Crippen LogP contribution in [0.25, 0.3) is 0 Å². The number of rotatable bonds is 8. The van der Waals surface area contributed by atoms with Crippen molar-refractivity contribution in [1.29, 1.82) is 0 Å². The number of hydrogen-bond acceptors (Lipinski definition) is 4. The first kappa shape index (κ1) is 16.9. The molecule has 4 nitrogen and oxygen atoms in total. The summed E-state index contributed by atoms with van der Waals surface area (Å²) in [5.41, 5.74) is 6.12. The van der Waals surface area contributed by atoms with Gasteiger partial charge in [0.25, 0.3) is 0 Å².